The molecule has 1 aromatic heterocycles. The van der Waals surface area contributed by atoms with Crippen LogP contribution in [-0.2, 0) is 13.0 Å². The molecule has 0 fully saturated rings. The molecule has 3 nitrogen and oxygen atoms in total. The van der Waals surface area contributed by atoms with Crippen LogP contribution in [0.5, 0.6) is 5.75 Å². The van der Waals surface area contributed by atoms with Gasteiger partial charge in [-0.1, -0.05) is 20.3 Å². The number of phenols is 1. The van der Waals surface area contributed by atoms with Gasteiger partial charge in [0, 0.05) is 17.0 Å². The number of rotatable bonds is 6. The van der Waals surface area contributed by atoms with Crippen molar-refractivity contribution >= 4 is 11.3 Å². The van der Waals surface area contributed by atoms with E-state index in [9.17, 15) is 5.11 Å². The summed E-state index contributed by atoms with van der Waals surface area (Å²) in [5.41, 5.74) is 2.28. The van der Waals surface area contributed by atoms with Crippen LogP contribution in [0.25, 0.3) is 10.6 Å². The van der Waals surface area contributed by atoms with Gasteiger partial charge in [0.15, 0.2) is 0 Å². The van der Waals surface area contributed by atoms with Gasteiger partial charge >= 0.3 is 0 Å². The Hall–Kier alpha value is -1.39. The van der Waals surface area contributed by atoms with E-state index in [1.165, 1.54) is 10.6 Å². The lowest BCUT2D eigenvalue weighted by atomic mass is 10.2. The summed E-state index contributed by atoms with van der Waals surface area (Å²) in [5.74, 6) is 0.293. The number of aryl methyl sites for hydroxylation is 1. The lowest BCUT2D eigenvalue weighted by molar-refractivity contribution is 0.475. The van der Waals surface area contributed by atoms with Crippen LogP contribution >= 0.6 is 11.3 Å². The molecule has 0 spiro atoms. The lowest BCUT2D eigenvalue weighted by Crippen LogP contribution is -2.11. The Kier molecular flexibility index (Phi) is 4.93. The van der Waals surface area contributed by atoms with Crippen LogP contribution in [0, 0.1) is 0 Å². The largest absolute Gasteiger partial charge is 0.508 e. The molecular formula is C15H20N2OS. The molecule has 0 atom stereocenters. The fraction of sp³-hybridized carbons (Fsp3) is 0.400. The Morgan fingerprint density at radius 2 is 1.95 bits per heavy atom. The molecule has 0 aliphatic carbocycles. The molecule has 0 saturated heterocycles. The first kappa shape index (κ1) is 14.0. The van der Waals surface area contributed by atoms with Gasteiger partial charge in [-0.3, -0.25) is 0 Å². The molecule has 0 unspecified atom stereocenters. The number of phenolic OH excluding ortho intramolecular Hbond substituents is 1. The van der Waals surface area contributed by atoms with Crippen molar-refractivity contribution in [3.05, 3.63) is 34.8 Å². The molecule has 19 heavy (non-hydrogen) atoms. The minimum Gasteiger partial charge on any atom is -0.508 e. The third kappa shape index (κ3) is 3.55. The van der Waals surface area contributed by atoms with Gasteiger partial charge in [0.05, 0.1) is 5.69 Å². The second-order valence-electron chi connectivity index (χ2n) is 4.47. The molecule has 0 aliphatic heterocycles. The first-order valence-corrected chi connectivity index (χ1v) is 7.55. The second-order valence-corrected chi connectivity index (χ2v) is 5.55. The van der Waals surface area contributed by atoms with Crippen LogP contribution in [0.4, 0.5) is 0 Å². The van der Waals surface area contributed by atoms with Crippen molar-refractivity contribution in [2.45, 2.75) is 33.2 Å². The molecule has 0 saturated carbocycles. The van der Waals surface area contributed by atoms with Crippen LogP contribution in [0.1, 0.15) is 30.8 Å². The number of hydrogen-bond acceptors (Lipinski definition) is 4. The van der Waals surface area contributed by atoms with Crippen LogP contribution < -0.4 is 5.32 Å². The fourth-order valence-electron chi connectivity index (χ4n) is 1.92. The zero-order valence-corrected chi connectivity index (χ0v) is 12.3. The lowest BCUT2D eigenvalue weighted by Gasteiger charge is -2.00. The number of benzene rings is 1. The van der Waals surface area contributed by atoms with E-state index in [0.717, 1.165) is 36.5 Å². The number of aromatic hydroxyl groups is 1. The topological polar surface area (TPSA) is 45.2 Å². The minimum absolute atomic E-state index is 0.293. The Labute approximate surface area is 118 Å². The molecule has 102 valence electrons. The van der Waals surface area contributed by atoms with Crippen molar-refractivity contribution in [1.82, 2.24) is 10.3 Å². The van der Waals surface area contributed by atoms with Crippen molar-refractivity contribution in [2.24, 2.45) is 0 Å². The molecule has 0 amide bonds. The summed E-state index contributed by atoms with van der Waals surface area (Å²) in [5, 5.41) is 13.7. The molecule has 2 rings (SSSR count). The highest BCUT2D eigenvalue weighted by atomic mass is 32.1. The summed E-state index contributed by atoms with van der Waals surface area (Å²) in [7, 11) is 0. The summed E-state index contributed by atoms with van der Waals surface area (Å²) in [6, 6.07) is 7.25. The third-order valence-electron chi connectivity index (χ3n) is 2.91. The normalized spacial score (nSPS) is 10.8. The quantitative estimate of drug-likeness (QED) is 0.847. The van der Waals surface area contributed by atoms with Gasteiger partial charge in [-0.2, -0.15) is 0 Å². The Morgan fingerprint density at radius 3 is 2.58 bits per heavy atom. The summed E-state index contributed by atoms with van der Waals surface area (Å²) >= 11 is 1.74. The van der Waals surface area contributed by atoms with E-state index in [2.05, 4.69) is 19.2 Å². The number of nitrogens with zero attached hydrogens (tertiary/aromatic N) is 1. The Balaban J connectivity index is 2.27. The van der Waals surface area contributed by atoms with Crippen molar-refractivity contribution in [3.8, 4) is 16.3 Å². The zero-order valence-electron chi connectivity index (χ0n) is 11.4. The fourth-order valence-corrected chi connectivity index (χ4v) is 3.00. The molecule has 2 aromatic rings. The van der Waals surface area contributed by atoms with Crippen molar-refractivity contribution < 1.29 is 5.11 Å². The van der Waals surface area contributed by atoms with Gasteiger partial charge < -0.3 is 10.4 Å². The molecule has 2 N–H and O–H groups in total. The summed E-state index contributed by atoms with van der Waals surface area (Å²) in [4.78, 5) is 6.08. The smallest absolute Gasteiger partial charge is 0.123 e. The molecular weight excluding hydrogens is 256 g/mol. The van der Waals surface area contributed by atoms with Crippen LogP contribution in [0.3, 0.4) is 0 Å². The minimum atomic E-state index is 0.293. The third-order valence-corrected chi connectivity index (χ3v) is 4.06. The Morgan fingerprint density at radius 1 is 1.21 bits per heavy atom. The average Bonchev–Trinajstić information content (AvgIpc) is 2.81. The van der Waals surface area contributed by atoms with Gasteiger partial charge in [0.1, 0.15) is 10.8 Å². The van der Waals surface area contributed by atoms with Crippen LogP contribution in [0.15, 0.2) is 24.3 Å². The molecule has 1 heterocycles. The number of hydrogen-bond donors (Lipinski definition) is 2. The molecule has 1 aromatic carbocycles. The summed E-state index contributed by atoms with van der Waals surface area (Å²) in [6.45, 7) is 6.15. The number of aromatic nitrogens is 1. The second kappa shape index (κ2) is 6.68. The monoisotopic (exact) mass is 276 g/mol. The number of thiazole rings is 1. The summed E-state index contributed by atoms with van der Waals surface area (Å²) < 4.78 is 0. The van der Waals surface area contributed by atoms with Crippen LogP contribution in [0.2, 0.25) is 0 Å². The number of nitrogens with one attached hydrogen (secondary N) is 1. The highest BCUT2D eigenvalue weighted by Gasteiger charge is 2.11. The van der Waals surface area contributed by atoms with Gasteiger partial charge in [0.25, 0.3) is 0 Å². The predicted molar refractivity (Wildman–Crippen MR) is 80.6 cm³/mol. The molecule has 0 aliphatic rings. The summed E-state index contributed by atoms with van der Waals surface area (Å²) in [6.07, 6.45) is 2.13. The van der Waals surface area contributed by atoms with E-state index >= 15 is 0 Å². The van der Waals surface area contributed by atoms with Gasteiger partial charge in [0.2, 0.25) is 0 Å². The van der Waals surface area contributed by atoms with Crippen molar-refractivity contribution in [3.63, 3.8) is 0 Å². The van der Waals surface area contributed by atoms with E-state index in [4.69, 9.17) is 4.98 Å². The van der Waals surface area contributed by atoms with E-state index < -0.39 is 0 Å². The van der Waals surface area contributed by atoms with Crippen molar-refractivity contribution in [1.29, 1.82) is 0 Å². The molecule has 4 heteroatoms. The SMILES string of the molecule is CCCc1nc(-c2ccc(O)cc2)sc1CNCC. The first-order valence-electron chi connectivity index (χ1n) is 6.73. The molecule has 0 bridgehead atoms. The van der Waals surface area contributed by atoms with Crippen LogP contribution in [-0.4, -0.2) is 16.6 Å². The standard InChI is InChI=1S/C15H20N2OS/c1-3-5-13-14(10-16-4-2)19-15(17-13)11-6-8-12(18)9-7-11/h6-9,16,18H,3-5,10H2,1-2H3. The van der Waals surface area contributed by atoms with Gasteiger partial charge in [-0.15, -0.1) is 11.3 Å². The maximum atomic E-state index is 9.34. The Bertz CT molecular complexity index is 519. The van der Waals surface area contributed by atoms with Crippen molar-refractivity contribution in [2.75, 3.05) is 6.54 Å². The van der Waals surface area contributed by atoms with Gasteiger partial charge in [-0.05, 0) is 37.2 Å². The van der Waals surface area contributed by atoms with E-state index in [1.54, 1.807) is 23.5 Å². The highest BCUT2D eigenvalue weighted by Crippen LogP contribution is 2.29. The van der Waals surface area contributed by atoms with Gasteiger partial charge in [-0.25, -0.2) is 4.98 Å². The predicted octanol–water partition coefficient (Wildman–Crippen LogP) is 3.58. The van der Waals surface area contributed by atoms with E-state index in [0.29, 0.717) is 5.75 Å². The average molecular weight is 276 g/mol. The van der Waals surface area contributed by atoms with E-state index in [1.807, 2.05) is 12.1 Å². The van der Waals surface area contributed by atoms with E-state index in [-0.39, 0.29) is 0 Å². The zero-order chi connectivity index (χ0) is 13.7. The maximum absolute atomic E-state index is 9.34. The maximum Gasteiger partial charge on any atom is 0.123 e. The molecule has 0 radical (unpaired) electrons. The first-order chi connectivity index (χ1) is 9.24. The highest BCUT2D eigenvalue weighted by molar-refractivity contribution is 7.15.